The number of imide groups is 1. The third-order valence-electron chi connectivity index (χ3n) is 4.30. The molecule has 31 heavy (non-hydrogen) atoms. The lowest BCUT2D eigenvalue weighted by molar-refractivity contribution is -0.127. The predicted molar refractivity (Wildman–Crippen MR) is 111 cm³/mol. The number of halogens is 1. The Morgan fingerprint density at radius 3 is 2.42 bits per heavy atom. The second-order valence-corrected chi connectivity index (χ2v) is 6.57. The summed E-state index contributed by atoms with van der Waals surface area (Å²) in [6.07, 6.45) is 0.251. The molecule has 1 aromatic heterocycles. The zero-order valence-corrected chi connectivity index (χ0v) is 17.0. The maximum Gasteiger partial charge on any atom is 0.342 e. The van der Waals surface area contributed by atoms with E-state index in [-0.39, 0.29) is 11.3 Å². The zero-order valence-electron chi connectivity index (χ0n) is 17.0. The molecule has 9 heteroatoms. The highest BCUT2D eigenvalue weighted by Crippen LogP contribution is 2.25. The van der Waals surface area contributed by atoms with Gasteiger partial charge in [-0.2, -0.15) is 5.10 Å². The van der Waals surface area contributed by atoms with Gasteiger partial charge in [0.2, 0.25) is 0 Å². The number of rotatable bonds is 6. The number of ether oxygens (including phenoxy) is 1. The maximum absolute atomic E-state index is 13.4. The molecule has 0 spiro atoms. The fourth-order valence-corrected chi connectivity index (χ4v) is 2.75. The van der Waals surface area contributed by atoms with E-state index in [1.807, 2.05) is 18.2 Å². The van der Waals surface area contributed by atoms with Crippen molar-refractivity contribution in [3.05, 3.63) is 72.2 Å². The molecule has 0 aliphatic carbocycles. The number of para-hydroxylation sites is 1. The van der Waals surface area contributed by atoms with Gasteiger partial charge in [-0.15, -0.1) is 0 Å². The summed E-state index contributed by atoms with van der Waals surface area (Å²) in [6, 6.07) is 13.9. The average Bonchev–Trinajstić information content (AvgIpc) is 3.20. The van der Waals surface area contributed by atoms with Gasteiger partial charge < -0.3 is 10.1 Å². The van der Waals surface area contributed by atoms with Gasteiger partial charge in [0.15, 0.2) is 6.10 Å². The van der Waals surface area contributed by atoms with Gasteiger partial charge in [0.05, 0.1) is 5.69 Å². The van der Waals surface area contributed by atoms with E-state index in [0.717, 1.165) is 0 Å². The number of amides is 3. The first-order valence-electron chi connectivity index (χ1n) is 9.59. The van der Waals surface area contributed by atoms with Gasteiger partial charge >= 0.3 is 12.0 Å². The van der Waals surface area contributed by atoms with Crippen LogP contribution in [0.15, 0.2) is 60.8 Å². The van der Waals surface area contributed by atoms with E-state index in [9.17, 15) is 18.8 Å². The Morgan fingerprint density at radius 2 is 1.77 bits per heavy atom. The van der Waals surface area contributed by atoms with Crippen LogP contribution in [-0.2, 0) is 9.53 Å². The van der Waals surface area contributed by atoms with Gasteiger partial charge in [0, 0.05) is 18.3 Å². The number of hydrogen-bond acceptors (Lipinski definition) is 5. The topological polar surface area (TPSA) is 102 Å². The van der Waals surface area contributed by atoms with E-state index in [2.05, 4.69) is 15.7 Å². The Hall–Kier alpha value is -4.01. The third-order valence-corrected chi connectivity index (χ3v) is 4.30. The molecule has 0 aliphatic rings. The van der Waals surface area contributed by atoms with Crippen LogP contribution in [-0.4, -0.2) is 40.3 Å². The molecular formula is C22H21FN4O4. The molecule has 0 saturated heterocycles. The first kappa shape index (κ1) is 21.7. The number of esters is 1. The molecule has 1 heterocycles. The second-order valence-electron chi connectivity index (χ2n) is 6.57. The van der Waals surface area contributed by atoms with Crippen LogP contribution in [0.25, 0.3) is 16.9 Å². The minimum atomic E-state index is -1.23. The number of carbonyl (C=O) groups is 3. The van der Waals surface area contributed by atoms with Gasteiger partial charge in [-0.25, -0.2) is 18.7 Å². The van der Waals surface area contributed by atoms with Crippen LogP contribution >= 0.6 is 0 Å². The summed E-state index contributed by atoms with van der Waals surface area (Å²) >= 11 is 0. The minimum Gasteiger partial charge on any atom is -0.449 e. The first-order valence-corrected chi connectivity index (χ1v) is 9.59. The van der Waals surface area contributed by atoms with Crippen molar-refractivity contribution >= 4 is 17.9 Å². The van der Waals surface area contributed by atoms with Crippen molar-refractivity contribution in [2.75, 3.05) is 6.54 Å². The second kappa shape index (κ2) is 9.66. The monoisotopic (exact) mass is 424 g/mol. The van der Waals surface area contributed by atoms with E-state index in [1.54, 1.807) is 19.1 Å². The Kier molecular flexibility index (Phi) is 6.76. The van der Waals surface area contributed by atoms with Crippen LogP contribution in [0.3, 0.4) is 0 Å². The zero-order chi connectivity index (χ0) is 22.4. The fraction of sp³-hybridized carbons (Fsp3) is 0.182. The molecule has 8 nitrogen and oxygen atoms in total. The van der Waals surface area contributed by atoms with Gasteiger partial charge in [-0.1, -0.05) is 18.2 Å². The van der Waals surface area contributed by atoms with Crippen LogP contribution in [0.5, 0.6) is 0 Å². The number of aromatic nitrogens is 2. The molecule has 0 radical (unpaired) electrons. The van der Waals surface area contributed by atoms with Gasteiger partial charge in [0.1, 0.15) is 17.1 Å². The lowest BCUT2D eigenvalue weighted by Crippen LogP contribution is -2.44. The van der Waals surface area contributed by atoms with E-state index in [0.29, 0.717) is 17.8 Å². The quantitative estimate of drug-likeness (QED) is 0.592. The highest BCUT2D eigenvalue weighted by molar-refractivity contribution is 6.00. The maximum atomic E-state index is 13.4. The summed E-state index contributed by atoms with van der Waals surface area (Å²) in [5.74, 6) is -2.00. The van der Waals surface area contributed by atoms with Gasteiger partial charge in [0.25, 0.3) is 5.91 Å². The van der Waals surface area contributed by atoms with Crippen molar-refractivity contribution in [3.8, 4) is 16.9 Å². The SMILES string of the molecule is CCNC(=O)NC(=O)[C@H](C)OC(=O)c1cn(-c2ccccc2)nc1-c1ccc(F)cc1. The predicted octanol–water partition coefficient (Wildman–Crippen LogP) is 3.07. The fourth-order valence-electron chi connectivity index (χ4n) is 2.75. The molecule has 3 amide bonds. The molecule has 0 aliphatic heterocycles. The van der Waals surface area contributed by atoms with Crippen LogP contribution in [0, 0.1) is 5.82 Å². The molecule has 2 N–H and O–H groups in total. The molecule has 0 fully saturated rings. The Labute approximate surface area is 178 Å². The number of benzene rings is 2. The molecule has 2 aromatic carbocycles. The van der Waals surface area contributed by atoms with E-state index in [1.165, 1.54) is 42.1 Å². The van der Waals surface area contributed by atoms with Crippen molar-refractivity contribution in [2.45, 2.75) is 20.0 Å². The smallest absolute Gasteiger partial charge is 0.342 e. The summed E-state index contributed by atoms with van der Waals surface area (Å²) in [5, 5.41) is 8.96. The van der Waals surface area contributed by atoms with Gasteiger partial charge in [-0.3, -0.25) is 10.1 Å². The van der Waals surface area contributed by atoms with E-state index in [4.69, 9.17) is 4.74 Å². The molecule has 1 atom stereocenters. The molecule has 0 unspecified atom stereocenters. The van der Waals surface area contributed by atoms with Crippen LogP contribution in [0.2, 0.25) is 0 Å². The lowest BCUT2D eigenvalue weighted by atomic mass is 10.1. The minimum absolute atomic E-state index is 0.0909. The van der Waals surface area contributed by atoms with Crippen LogP contribution < -0.4 is 10.6 Å². The highest BCUT2D eigenvalue weighted by atomic mass is 19.1. The number of urea groups is 1. The summed E-state index contributed by atoms with van der Waals surface area (Å²) in [4.78, 5) is 36.5. The van der Waals surface area contributed by atoms with E-state index < -0.39 is 29.8 Å². The van der Waals surface area contributed by atoms with E-state index >= 15 is 0 Å². The van der Waals surface area contributed by atoms with Crippen LogP contribution in [0.1, 0.15) is 24.2 Å². The largest absolute Gasteiger partial charge is 0.449 e. The number of hydrogen-bond donors (Lipinski definition) is 2. The summed E-state index contributed by atoms with van der Waals surface area (Å²) in [6.45, 7) is 3.40. The molecule has 160 valence electrons. The van der Waals surface area contributed by atoms with Crippen molar-refractivity contribution in [1.29, 1.82) is 0 Å². The molecule has 3 rings (SSSR count). The summed E-state index contributed by atoms with van der Waals surface area (Å²) in [7, 11) is 0. The average molecular weight is 424 g/mol. The standard InChI is InChI=1S/C22H21FN4O4/c1-3-24-22(30)25-20(28)14(2)31-21(29)18-13-27(17-7-5-4-6-8-17)26-19(18)15-9-11-16(23)12-10-15/h4-14H,3H2,1-2H3,(H2,24,25,28,30)/t14-/m0/s1. The Balaban J connectivity index is 1.88. The van der Waals surface area contributed by atoms with Crippen molar-refractivity contribution in [2.24, 2.45) is 0 Å². The first-order chi connectivity index (χ1) is 14.9. The number of nitrogens with zero attached hydrogens (tertiary/aromatic N) is 2. The Bertz CT molecular complexity index is 1080. The molecular weight excluding hydrogens is 403 g/mol. The summed E-state index contributed by atoms with van der Waals surface area (Å²) < 4.78 is 20.1. The number of carbonyl (C=O) groups excluding carboxylic acids is 3. The molecule has 0 bridgehead atoms. The number of nitrogens with one attached hydrogen (secondary N) is 2. The third kappa shape index (κ3) is 5.33. The molecule has 3 aromatic rings. The normalized spacial score (nSPS) is 11.5. The van der Waals surface area contributed by atoms with Gasteiger partial charge in [-0.05, 0) is 50.2 Å². The summed E-state index contributed by atoms with van der Waals surface area (Å²) in [5.41, 5.74) is 1.56. The van der Waals surface area contributed by atoms with Crippen molar-refractivity contribution in [1.82, 2.24) is 20.4 Å². The van der Waals surface area contributed by atoms with Crippen LogP contribution in [0.4, 0.5) is 9.18 Å². The Morgan fingerprint density at radius 1 is 1.10 bits per heavy atom. The molecule has 0 saturated carbocycles. The van der Waals surface area contributed by atoms with Crippen molar-refractivity contribution < 1.29 is 23.5 Å². The highest BCUT2D eigenvalue weighted by Gasteiger charge is 2.25. The van der Waals surface area contributed by atoms with Crippen molar-refractivity contribution in [3.63, 3.8) is 0 Å². The lowest BCUT2D eigenvalue weighted by Gasteiger charge is -2.13.